The number of amides is 2. The third-order valence-corrected chi connectivity index (χ3v) is 2.39. The van der Waals surface area contributed by atoms with Crippen molar-refractivity contribution in [2.24, 2.45) is 11.7 Å². The zero-order valence-electron chi connectivity index (χ0n) is 8.29. The number of primary amides is 1. The van der Waals surface area contributed by atoms with Crippen LogP contribution in [0.1, 0.15) is 19.8 Å². The van der Waals surface area contributed by atoms with Crippen LogP contribution in [0.3, 0.4) is 0 Å². The summed E-state index contributed by atoms with van der Waals surface area (Å²) >= 11 is 0. The van der Waals surface area contributed by atoms with Gasteiger partial charge in [-0.05, 0) is 12.8 Å². The Balaban J connectivity index is 2.39. The Hall–Kier alpha value is -1.10. The van der Waals surface area contributed by atoms with Crippen molar-refractivity contribution >= 4 is 11.8 Å². The zero-order chi connectivity index (χ0) is 10.6. The average Bonchev–Trinajstić information content (AvgIpc) is 2.61. The average molecular weight is 200 g/mol. The maximum absolute atomic E-state index is 11.5. The summed E-state index contributed by atoms with van der Waals surface area (Å²) in [6, 6.07) is 0. The Bertz CT molecular complexity index is 230. The molecule has 0 saturated carbocycles. The maximum atomic E-state index is 11.5. The minimum atomic E-state index is -0.523. The first-order valence-corrected chi connectivity index (χ1v) is 4.82. The lowest BCUT2D eigenvalue weighted by Gasteiger charge is -2.15. The van der Waals surface area contributed by atoms with E-state index in [1.165, 1.54) is 0 Å². The summed E-state index contributed by atoms with van der Waals surface area (Å²) in [7, 11) is 0. The molecule has 0 aromatic heterocycles. The fraction of sp³-hybridized carbons (Fsp3) is 0.778. The van der Waals surface area contributed by atoms with E-state index < -0.39 is 5.91 Å². The molecular formula is C9H16N2O3. The highest BCUT2D eigenvalue weighted by Crippen LogP contribution is 2.23. The molecule has 1 rings (SSSR count). The van der Waals surface area contributed by atoms with Crippen LogP contribution < -0.4 is 11.1 Å². The normalized spacial score (nSPS) is 26.1. The molecule has 1 saturated heterocycles. The van der Waals surface area contributed by atoms with Crippen LogP contribution in [0, 0.1) is 5.92 Å². The van der Waals surface area contributed by atoms with Crippen LogP contribution in [0.5, 0.6) is 0 Å². The first-order chi connectivity index (χ1) is 6.65. The van der Waals surface area contributed by atoms with E-state index in [1.54, 1.807) is 0 Å². The van der Waals surface area contributed by atoms with Crippen LogP contribution in [-0.2, 0) is 14.3 Å². The SMILES string of the molecule is CCC1OCCC1C(=O)NCC(N)=O. The van der Waals surface area contributed by atoms with Gasteiger partial charge in [-0.25, -0.2) is 0 Å². The molecule has 3 N–H and O–H groups in total. The smallest absolute Gasteiger partial charge is 0.236 e. The number of nitrogens with two attached hydrogens (primary N) is 1. The number of rotatable bonds is 4. The summed E-state index contributed by atoms with van der Waals surface area (Å²) in [6.45, 7) is 2.50. The van der Waals surface area contributed by atoms with Crippen molar-refractivity contribution < 1.29 is 14.3 Å². The summed E-state index contributed by atoms with van der Waals surface area (Å²) in [6.07, 6.45) is 1.53. The highest BCUT2D eigenvalue weighted by atomic mass is 16.5. The van der Waals surface area contributed by atoms with E-state index in [0.29, 0.717) is 6.61 Å². The molecule has 2 amide bonds. The van der Waals surface area contributed by atoms with E-state index >= 15 is 0 Å². The number of hydrogen-bond acceptors (Lipinski definition) is 3. The quantitative estimate of drug-likeness (QED) is 0.636. The zero-order valence-corrected chi connectivity index (χ0v) is 8.29. The number of carbonyl (C=O) groups is 2. The Morgan fingerprint density at radius 1 is 1.57 bits per heavy atom. The van der Waals surface area contributed by atoms with Crippen LogP contribution in [0.4, 0.5) is 0 Å². The predicted octanol–water partition coefficient (Wildman–Crippen LogP) is -0.597. The highest BCUT2D eigenvalue weighted by molar-refractivity contribution is 5.85. The van der Waals surface area contributed by atoms with Crippen molar-refractivity contribution in [3.05, 3.63) is 0 Å². The summed E-state index contributed by atoms with van der Waals surface area (Å²) in [5.74, 6) is -0.780. The lowest BCUT2D eigenvalue weighted by molar-refractivity contribution is -0.129. The summed E-state index contributed by atoms with van der Waals surface area (Å²) in [5, 5.41) is 2.49. The van der Waals surface area contributed by atoms with Gasteiger partial charge in [-0.1, -0.05) is 6.92 Å². The van der Waals surface area contributed by atoms with E-state index in [-0.39, 0.29) is 24.5 Å². The number of nitrogens with one attached hydrogen (secondary N) is 1. The molecule has 0 spiro atoms. The van der Waals surface area contributed by atoms with Crippen molar-refractivity contribution in [3.63, 3.8) is 0 Å². The summed E-state index contributed by atoms with van der Waals surface area (Å²) in [5.41, 5.74) is 4.92. The molecule has 0 aliphatic carbocycles. The van der Waals surface area contributed by atoms with Crippen molar-refractivity contribution in [2.75, 3.05) is 13.2 Å². The summed E-state index contributed by atoms with van der Waals surface area (Å²) in [4.78, 5) is 22.0. The first kappa shape index (κ1) is 11.0. The van der Waals surface area contributed by atoms with Gasteiger partial charge in [0.05, 0.1) is 18.6 Å². The molecule has 14 heavy (non-hydrogen) atoms. The standard InChI is InChI=1S/C9H16N2O3/c1-2-7-6(3-4-14-7)9(13)11-5-8(10)12/h6-7H,2-5H2,1H3,(H2,10,12)(H,11,13). The van der Waals surface area contributed by atoms with Gasteiger partial charge in [0.15, 0.2) is 0 Å². The molecule has 5 heteroatoms. The second-order valence-electron chi connectivity index (χ2n) is 3.40. The van der Waals surface area contributed by atoms with Gasteiger partial charge in [0.25, 0.3) is 0 Å². The summed E-state index contributed by atoms with van der Waals surface area (Å²) < 4.78 is 5.37. The molecule has 0 aromatic rings. The topological polar surface area (TPSA) is 81.4 Å². The number of carbonyl (C=O) groups excluding carboxylic acids is 2. The third-order valence-electron chi connectivity index (χ3n) is 2.39. The van der Waals surface area contributed by atoms with E-state index in [4.69, 9.17) is 10.5 Å². The third kappa shape index (κ3) is 2.70. The van der Waals surface area contributed by atoms with Crippen molar-refractivity contribution in [3.8, 4) is 0 Å². The Morgan fingerprint density at radius 3 is 2.86 bits per heavy atom. The molecule has 0 bridgehead atoms. The molecule has 80 valence electrons. The fourth-order valence-corrected chi connectivity index (χ4v) is 1.66. The van der Waals surface area contributed by atoms with Crippen LogP contribution in [0.25, 0.3) is 0 Å². The second kappa shape index (κ2) is 4.95. The maximum Gasteiger partial charge on any atom is 0.236 e. The number of ether oxygens (including phenoxy) is 1. The van der Waals surface area contributed by atoms with Crippen molar-refractivity contribution in [2.45, 2.75) is 25.9 Å². The molecule has 2 unspecified atom stereocenters. The van der Waals surface area contributed by atoms with Crippen LogP contribution >= 0.6 is 0 Å². The van der Waals surface area contributed by atoms with E-state index in [2.05, 4.69) is 5.32 Å². The molecule has 1 aliphatic rings. The van der Waals surface area contributed by atoms with Gasteiger partial charge in [0.1, 0.15) is 0 Å². The van der Waals surface area contributed by atoms with E-state index in [9.17, 15) is 9.59 Å². The van der Waals surface area contributed by atoms with E-state index in [1.807, 2.05) is 6.92 Å². The Kier molecular flexibility index (Phi) is 3.88. The van der Waals surface area contributed by atoms with Crippen molar-refractivity contribution in [1.29, 1.82) is 0 Å². The van der Waals surface area contributed by atoms with Gasteiger partial charge in [-0.15, -0.1) is 0 Å². The van der Waals surface area contributed by atoms with Crippen LogP contribution in [-0.4, -0.2) is 31.1 Å². The van der Waals surface area contributed by atoms with Gasteiger partial charge in [0, 0.05) is 6.61 Å². The van der Waals surface area contributed by atoms with Gasteiger partial charge in [0.2, 0.25) is 11.8 Å². The lowest BCUT2D eigenvalue weighted by atomic mass is 9.99. The molecule has 1 aliphatic heterocycles. The lowest BCUT2D eigenvalue weighted by Crippen LogP contribution is -2.39. The fourth-order valence-electron chi connectivity index (χ4n) is 1.66. The molecule has 0 radical (unpaired) electrons. The minimum Gasteiger partial charge on any atom is -0.377 e. The minimum absolute atomic E-state index is 0.0112. The molecular weight excluding hydrogens is 184 g/mol. The predicted molar refractivity (Wildman–Crippen MR) is 50.3 cm³/mol. The van der Waals surface area contributed by atoms with E-state index in [0.717, 1.165) is 12.8 Å². The first-order valence-electron chi connectivity index (χ1n) is 4.82. The van der Waals surface area contributed by atoms with Gasteiger partial charge >= 0.3 is 0 Å². The molecule has 5 nitrogen and oxygen atoms in total. The number of hydrogen-bond donors (Lipinski definition) is 2. The molecule has 2 atom stereocenters. The van der Waals surface area contributed by atoms with Gasteiger partial charge in [-0.2, -0.15) is 0 Å². The molecule has 1 fully saturated rings. The van der Waals surface area contributed by atoms with Crippen molar-refractivity contribution in [1.82, 2.24) is 5.32 Å². The highest BCUT2D eigenvalue weighted by Gasteiger charge is 2.32. The van der Waals surface area contributed by atoms with Crippen LogP contribution in [0.15, 0.2) is 0 Å². The molecule has 0 aromatic carbocycles. The second-order valence-corrected chi connectivity index (χ2v) is 3.40. The van der Waals surface area contributed by atoms with Gasteiger partial charge < -0.3 is 15.8 Å². The van der Waals surface area contributed by atoms with Crippen LogP contribution in [0.2, 0.25) is 0 Å². The van der Waals surface area contributed by atoms with Gasteiger partial charge in [-0.3, -0.25) is 9.59 Å². The Morgan fingerprint density at radius 2 is 2.29 bits per heavy atom. The Labute approximate surface area is 83.0 Å². The largest absolute Gasteiger partial charge is 0.377 e. The molecule has 1 heterocycles. The monoisotopic (exact) mass is 200 g/mol.